The molecule has 4 aliphatic carbocycles. The van der Waals surface area contributed by atoms with Crippen LogP contribution in [-0.4, -0.2) is 82.9 Å². The number of hydrogen-bond acceptors (Lipinski definition) is 7. The standard InChI is InChI=1S/C50H65N3O6/c1-30-25-44-46(33(4)50(59-44)22-20-39-40-17-16-37-27-38(55)19-21-49(37,5)42(40)28-41(39)32(50)3)53(29-30)24-23-51-48(58)43(52-45(56)18-11-31(2)54)26-34-12-14-36(15-13-34)47(57)35-9-7-6-8-10-35/h6-10,12-16,30,33,38-40,42-44,46,55H,11,17-29H2,1-5H3,(H,51,58)(H,52,56)/t30-,33+,38-,39-,40-,42-,43-,44+,46-,49-,50?/m0/s1. The van der Waals surface area contributed by atoms with E-state index in [1.54, 1.807) is 29.8 Å². The Balaban J connectivity index is 0.938. The first-order valence-corrected chi connectivity index (χ1v) is 22.5. The summed E-state index contributed by atoms with van der Waals surface area (Å²) in [5.74, 6) is 1.98. The molecule has 2 saturated carbocycles. The van der Waals surface area contributed by atoms with Gasteiger partial charge in [0.1, 0.15) is 11.8 Å². The van der Waals surface area contributed by atoms with Gasteiger partial charge in [-0.25, -0.2) is 0 Å². The van der Waals surface area contributed by atoms with Crippen molar-refractivity contribution >= 4 is 23.4 Å². The van der Waals surface area contributed by atoms with Crippen LogP contribution in [0.15, 0.2) is 77.4 Å². The Kier molecular flexibility index (Phi) is 11.9. The number of rotatable bonds is 12. The van der Waals surface area contributed by atoms with Crippen LogP contribution in [0.25, 0.3) is 0 Å². The normalized spacial score (nSPS) is 34.2. The number of allylic oxidation sites excluding steroid dienone is 2. The van der Waals surface area contributed by atoms with E-state index in [9.17, 15) is 24.3 Å². The second kappa shape index (κ2) is 16.9. The van der Waals surface area contributed by atoms with E-state index >= 15 is 0 Å². The van der Waals surface area contributed by atoms with Gasteiger partial charge in [0.25, 0.3) is 0 Å². The third kappa shape index (κ3) is 8.04. The summed E-state index contributed by atoms with van der Waals surface area (Å²) in [4.78, 5) is 54.0. The van der Waals surface area contributed by atoms with E-state index in [4.69, 9.17) is 4.74 Å². The highest BCUT2D eigenvalue weighted by molar-refractivity contribution is 6.09. The second-order valence-corrected chi connectivity index (χ2v) is 19.4. The molecule has 59 heavy (non-hydrogen) atoms. The number of likely N-dealkylation sites (tertiary alicyclic amines) is 1. The van der Waals surface area contributed by atoms with E-state index in [0.29, 0.717) is 53.8 Å². The molecule has 2 aliphatic heterocycles. The highest BCUT2D eigenvalue weighted by Crippen LogP contribution is 2.65. The van der Waals surface area contributed by atoms with Crippen molar-refractivity contribution in [2.75, 3.05) is 19.6 Å². The van der Waals surface area contributed by atoms with Crippen LogP contribution in [0.5, 0.6) is 0 Å². The molecule has 9 nitrogen and oxygen atoms in total. The van der Waals surface area contributed by atoms with Crippen molar-refractivity contribution < 1.29 is 29.0 Å². The fourth-order valence-electron chi connectivity index (χ4n) is 12.7. The van der Waals surface area contributed by atoms with Crippen molar-refractivity contribution in [1.29, 1.82) is 0 Å². The molecule has 0 bridgehead atoms. The third-order valence-electron chi connectivity index (χ3n) is 15.8. The minimum atomic E-state index is -0.832. The van der Waals surface area contributed by atoms with Gasteiger partial charge in [0.05, 0.1) is 17.8 Å². The number of carbonyl (C=O) groups excluding carboxylic acids is 4. The highest BCUT2D eigenvalue weighted by atomic mass is 16.5. The number of aliphatic hydroxyl groups excluding tert-OH is 1. The molecule has 4 fully saturated rings. The number of ether oxygens (including phenoxy) is 1. The second-order valence-electron chi connectivity index (χ2n) is 19.4. The van der Waals surface area contributed by atoms with E-state index in [2.05, 4.69) is 49.3 Å². The first-order valence-electron chi connectivity index (χ1n) is 22.5. The first kappa shape index (κ1) is 41.8. The van der Waals surface area contributed by atoms with Crippen LogP contribution in [-0.2, 0) is 25.5 Å². The number of nitrogens with one attached hydrogen (secondary N) is 2. The van der Waals surface area contributed by atoms with Crippen molar-refractivity contribution in [3.05, 3.63) is 94.1 Å². The van der Waals surface area contributed by atoms with Crippen molar-refractivity contribution in [3.8, 4) is 0 Å². The molecule has 6 aliphatic rings. The van der Waals surface area contributed by atoms with Crippen molar-refractivity contribution in [1.82, 2.24) is 15.5 Å². The molecule has 2 saturated heterocycles. The Bertz CT molecular complexity index is 1990. The number of piperidine rings is 1. The Morgan fingerprint density at radius 2 is 1.71 bits per heavy atom. The molecule has 1 spiro atoms. The number of benzene rings is 2. The molecule has 3 N–H and O–H groups in total. The van der Waals surface area contributed by atoms with Crippen LogP contribution >= 0.6 is 0 Å². The molecule has 2 heterocycles. The van der Waals surface area contributed by atoms with E-state index in [1.165, 1.54) is 24.5 Å². The van der Waals surface area contributed by atoms with Crippen LogP contribution in [0.2, 0.25) is 0 Å². The highest BCUT2D eigenvalue weighted by Gasteiger charge is 2.61. The first-order chi connectivity index (χ1) is 28.3. The Labute approximate surface area is 350 Å². The average Bonchev–Trinajstić information content (AvgIpc) is 3.75. The predicted molar refractivity (Wildman–Crippen MR) is 228 cm³/mol. The molecule has 2 amide bonds. The Hall–Kier alpha value is -3.92. The van der Waals surface area contributed by atoms with E-state index in [1.807, 2.05) is 30.3 Å². The van der Waals surface area contributed by atoms with Crippen LogP contribution in [0.3, 0.4) is 0 Å². The van der Waals surface area contributed by atoms with Gasteiger partial charge in [0, 0.05) is 62.0 Å². The van der Waals surface area contributed by atoms with E-state index in [-0.39, 0.29) is 71.9 Å². The third-order valence-corrected chi connectivity index (χ3v) is 15.8. The van der Waals surface area contributed by atoms with Gasteiger partial charge in [-0.15, -0.1) is 0 Å². The molecule has 11 atom stereocenters. The van der Waals surface area contributed by atoms with Gasteiger partial charge in [-0.2, -0.15) is 0 Å². The number of amides is 2. The summed E-state index contributed by atoms with van der Waals surface area (Å²) in [5.41, 5.74) is 6.57. The molecule has 1 unspecified atom stereocenters. The van der Waals surface area contributed by atoms with Gasteiger partial charge in [0.15, 0.2) is 5.78 Å². The number of aliphatic hydroxyl groups is 1. The number of carbonyl (C=O) groups is 4. The van der Waals surface area contributed by atoms with Gasteiger partial charge in [-0.05, 0) is 105 Å². The van der Waals surface area contributed by atoms with Crippen LogP contribution in [0, 0.1) is 35.0 Å². The molecule has 0 aromatic heterocycles. The fraction of sp³-hybridized carbons (Fsp3) is 0.600. The largest absolute Gasteiger partial charge is 0.393 e. The number of nitrogens with zero attached hydrogens (tertiary/aromatic N) is 1. The quantitative estimate of drug-likeness (QED) is 0.154. The zero-order chi connectivity index (χ0) is 41.6. The predicted octanol–water partition coefficient (Wildman–Crippen LogP) is 7.16. The van der Waals surface area contributed by atoms with Crippen LogP contribution in [0.1, 0.15) is 120 Å². The van der Waals surface area contributed by atoms with Gasteiger partial charge < -0.3 is 25.3 Å². The van der Waals surface area contributed by atoms with E-state index in [0.717, 1.165) is 57.1 Å². The van der Waals surface area contributed by atoms with Gasteiger partial charge in [-0.3, -0.25) is 19.3 Å². The zero-order valence-electron chi connectivity index (χ0n) is 35.8. The number of ketones is 2. The smallest absolute Gasteiger partial charge is 0.242 e. The van der Waals surface area contributed by atoms with Crippen LogP contribution < -0.4 is 10.6 Å². The number of hydrogen-bond donors (Lipinski definition) is 3. The fourth-order valence-corrected chi connectivity index (χ4v) is 12.7. The molecular weight excluding hydrogens is 739 g/mol. The van der Waals surface area contributed by atoms with Crippen LogP contribution in [0.4, 0.5) is 0 Å². The molecular formula is C50H65N3O6. The lowest BCUT2D eigenvalue weighted by atomic mass is 9.56. The molecule has 2 aromatic carbocycles. The number of Topliss-reactive ketones (excluding diaryl/α,β-unsaturated/α-hetero) is 1. The summed E-state index contributed by atoms with van der Waals surface area (Å²) >= 11 is 0. The molecule has 9 heteroatoms. The maximum absolute atomic E-state index is 13.9. The zero-order valence-corrected chi connectivity index (χ0v) is 35.8. The summed E-state index contributed by atoms with van der Waals surface area (Å²) in [6.45, 7) is 13.1. The monoisotopic (exact) mass is 803 g/mol. The summed E-state index contributed by atoms with van der Waals surface area (Å²) in [6.07, 6.45) is 11.3. The van der Waals surface area contributed by atoms with Gasteiger partial charge in [0.2, 0.25) is 11.8 Å². The maximum atomic E-state index is 13.9. The Morgan fingerprint density at radius 1 is 0.966 bits per heavy atom. The maximum Gasteiger partial charge on any atom is 0.242 e. The molecule has 316 valence electrons. The van der Waals surface area contributed by atoms with Crippen molar-refractivity contribution in [2.24, 2.45) is 35.0 Å². The Morgan fingerprint density at radius 3 is 2.46 bits per heavy atom. The summed E-state index contributed by atoms with van der Waals surface area (Å²) in [5, 5.41) is 16.6. The summed E-state index contributed by atoms with van der Waals surface area (Å²) < 4.78 is 7.36. The SMILES string of the molecule is CC(=O)CCC(=O)N[C@@H](Cc1ccc(C(=O)c2ccccc2)cc1)C(=O)NCCN1C[C@@H](C)C[C@H]2OC3(CC[C@@H]4C(=C3C)C[C@H]3[C@H]4CC=C4C[C@@H](O)CC[C@@]43C)[C@H](C)[C@@H]21. The lowest BCUT2D eigenvalue weighted by molar-refractivity contribution is -0.129. The summed E-state index contributed by atoms with van der Waals surface area (Å²) in [6, 6.07) is 15.8. The topological polar surface area (TPSA) is 125 Å². The van der Waals surface area contributed by atoms with E-state index < -0.39 is 6.04 Å². The lowest BCUT2D eigenvalue weighted by Gasteiger charge is -2.49. The molecule has 8 rings (SSSR count). The van der Waals surface area contributed by atoms with Gasteiger partial charge >= 0.3 is 0 Å². The minimum Gasteiger partial charge on any atom is -0.393 e. The molecule has 2 aromatic rings. The van der Waals surface area contributed by atoms with Crippen molar-refractivity contribution in [3.63, 3.8) is 0 Å². The van der Waals surface area contributed by atoms with Crippen molar-refractivity contribution in [2.45, 2.75) is 135 Å². The van der Waals surface area contributed by atoms with Gasteiger partial charge in [-0.1, -0.05) is 92.6 Å². The molecule has 0 radical (unpaired) electrons. The number of fused-ring (bicyclic) bond motifs is 6. The average molecular weight is 804 g/mol. The lowest BCUT2D eigenvalue weighted by Crippen LogP contribution is -2.55. The summed E-state index contributed by atoms with van der Waals surface area (Å²) in [7, 11) is 0. The minimum absolute atomic E-state index is 0.0248.